The molecule has 2 aromatic carbocycles. The number of carbonyl (C=O) groups is 1. The molecule has 200 valence electrons. The zero-order chi connectivity index (χ0) is 26.9. The molecule has 0 unspecified atom stereocenters. The Balaban J connectivity index is 1.89. The standard InChI is InChI=1S/C27H34Cl2N4O4/c1-32-21-16-19(28)20(29)17-22(21)33(13-7-5-6-8-25(34)31-12-11-30)26(32)10-9-18-14-23(35-2)27(37-4)24(15-18)36-3/h9-10,14-17H,5-8,11-13,30H2,1-4H3/p+1/b10-9+. The second-order valence-electron chi connectivity index (χ2n) is 8.57. The van der Waals surface area contributed by atoms with Crippen LogP contribution in [-0.4, -0.2) is 44.9 Å². The Bertz CT molecular complexity index is 1250. The number of aryl methyl sites for hydroxylation is 2. The highest BCUT2D eigenvalue weighted by molar-refractivity contribution is 6.42. The largest absolute Gasteiger partial charge is 0.493 e. The number of imidazole rings is 1. The van der Waals surface area contributed by atoms with Crippen molar-refractivity contribution in [1.82, 2.24) is 9.88 Å². The van der Waals surface area contributed by atoms with Crippen LogP contribution in [0, 0.1) is 0 Å². The van der Waals surface area contributed by atoms with Crippen molar-refractivity contribution in [2.24, 2.45) is 12.8 Å². The summed E-state index contributed by atoms with van der Waals surface area (Å²) in [6.45, 7) is 1.71. The molecule has 0 aliphatic heterocycles. The van der Waals surface area contributed by atoms with E-state index in [4.69, 9.17) is 43.1 Å². The van der Waals surface area contributed by atoms with E-state index in [1.807, 2.05) is 43.5 Å². The Morgan fingerprint density at radius 1 is 1.00 bits per heavy atom. The Morgan fingerprint density at radius 3 is 2.30 bits per heavy atom. The molecule has 3 aromatic rings. The molecule has 1 amide bonds. The van der Waals surface area contributed by atoms with Gasteiger partial charge in [0.05, 0.1) is 45.0 Å². The molecule has 0 saturated carbocycles. The number of halogens is 2. The van der Waals surface area contributed by atoms with Gasteiger partial charge in [-0.05, 0) is 43.0 Å². The zero-order valence-corrected chi connectivity index (χ0v) is 23.3. The first-order chi connectivity index (χ1) is 17.8. The summed E-state index contributed by atoms with van der Waals surface area (Å²) in [5.41, 5.74) is 8.30. The molecule has 0 radical (unpaired) electrons. The van der Waals surface area contributed by atoms with Gasteiger partial charge in [-0.2, -0.15) is 0 Å². The number of methoxy groups -OCH3 is 3. The van der Waals surface area contributed by atoms with Crippen LogP contribution in [0.3, 0.4) is 0 Å². The minimum absolute atomic E-state index is 0.0404. The average Bonchev–Trinajstić information content (AvgIpc) is 3.14. The highest BCUT2D eigenvalue weighted by Crippen LogP contribution is 2.38. The maximum absolute atomic E-state index is 11.9. The van der Waals surface area contributed by atoms with Crippen LogP contribution in [0.15, 0.2) is 24.3 Å². The quantitative estimate of drug-likeness (QED) is 0.240. The first kappa shape index (κ1) is 28.6. The first-order valence-corrected chi connectivity index (χ1v) is 12.9. The summed E-state index contributed by atoms with van der Waals surface area (Å²) in [6.07, 6.45) is 7.17. The van der Waals surface area contributed by atoms with Crippen molar-refractivity contribution in [2.45, 2.75) is 32.2 Å². The third kappa shape index (κ3) is 6.89. The molecule has 8 nitrogen and oxygen atoms in total. The summed E-state index contributed by atoms with van der Waals surface area (Å²) in [4.78, 5) is 11.9. The van der Waals surface area contributed by atoms with Crippen molar-refractivity contribution in [3.63, 3.8) is 0 Å². The lowest BCUT2D eigenvalue weighted by Crippen LogP contribution is -2.31. The van der Waals surface area contributed by atoms with Crippen molar-refractivity contribution in [3.05, 3.63) is 45.7 Å². The Hall–Kier alpha value is -2.94. The van der Waals surface area contributed by atoms with Crippen LogP contribution in [0.4, 0.5) is 0 Å². The number of hydrogen-bond acceptors (Lipinski definition) is 5. The van der Waals surface area contributed by atoms with Crippen molar-refractivity contribution < 1.29 is 23.6 Å². The molecular formula is C27H35Cl2N4O4+. The normalized spacial score (nSPS) is 11.3. The summed E-state index contributed by atoms with van der Waals surface area (Å²) in [5, 5.41) is 3.82. The summed E-state index contributed by atoms with van der Waals surface area (Å²) in [6, 6.07) is 7.58. The fraction of sp³-hybridized carbons (Fsp3) is 0.407. The van der Waals surface area contributed by atoms with Gasteiger partial charge in [-0.25, -0.2) is 9.13 Å². The number of nitrogens with zero attached hydrogens (tertiary/aromatic N) is 2. The van der Waals surface area contributed by atoms with Crippen molar-refractivity contribution in [2.75, 3.05) is 34.4 Å². The third-order valence-corrected chi connectivity index (χ3v) is 6.88. The van der Waals surface area contributed by atoms with Crippen molar-refractivity contribution in [3.8, 4) is 17.2 Å². The molecule has 0 aliphatic rings. The number of carbonyl (C=O) groups excluding carboxylic acids is 1. The SMILES string of the molecule is COc1cc(/C=C/c2n(CCCCCC(=O)NCCN)c3cc(Cl)c(Cl)cc3[n+]2C)cc(OC)c1OC. The van der Waals surface area contributed by atoms with E-state index in [0.717, 1.165) is 48.2 Å². The number of ether oxygens (including phenoxy) is 3. The second-order valence-corrected chi connectivity index (χ2v) is 9.38. The number of rotatable bonds is 13. The van der Waals surface area contributed by atoms with Crippen LogP contribution in [0.5, 0.6) is 17.2 Å². The second kappa shape index (κ2) is 13.6. The number of hydrogen-bond donors (Lipinski definition) is 2. The average molecular weight is 551 g/mol. The Morgan fingerprint density at radius 2 is 1.68 bits per heavy atom. The van der Waals surface area contributed by atoms with Crippen LogP contribution in [-0.2, 0) is 18.4 Å². The highest BCUT2D eigenvalue weighted by atomic mass is 35.5. The van der Waals surface area contributed by atoms with Gasteiger partial charge in [-0.3, -0.25) is 4.79 Å². The molecule has 0 bridgehead atoms. The summed E-state index contributed by atoms with van der Waals surface area (Å²) in [5.74, 6) is 2.73. The van der Waals surface area contributed by atoms with Gasteiger partial charge in [0.15, 0.2) is 22.5 Å². The molecule has 3 N–H and O–H groups in total. The summed E-state index contributed by atoms with van der Waals surface area (Å²) < 4.78 is 20.7. The van der Waals surface area contributed by atoms with E-state index in [9.17, 15) is 4.79 Å². The molecule has 10 heteroatoms. The van der Waals surface area contributed by atoms with Gasteiger partial charge in [0.2, 0.25) is 11.7 Å². The van der Waals surface area contributed by atoms with Crippen LogP contribution in [0.25, 0.3) is 23.2 Å². The minimum Gasteiger partial charge on any atom is -0.493 e. The number of amides is 1. The number of nitrogens with two attached hydrogens (primary N) is 1. The van der Waals surface area contributed by atoms with E-state index in [1.165, 1.54) is 0 Å². The lowest BCUT2D eigenvalue weighted by molar-refractivity contribution is -0.647. The van der Waals surface area contributed by atoms with E-state index in [0.29, 0.717) is 46.8 Å². The summed E-state index contributed by atoms with van der Waals surface area (Å²) in [7, 11) is 6.77. The smallest absolute Gasteiger partial charge is 0.282 e. The lowest BCUT2D eigenvalue weighted by Gasteiger charge is -2.12. The van der Waals surface area contributed by atoms with Crippen LogP contribution in [0.1, 0.15) is 37.1 Å². The number of nitrogens with one attached hydrogen (secondary N) is 1. The van der Waals surface area contributed by atoms with Gasteiger partial charge in [-0.1, -0.05) is 23.2 Å². The predicted molar refractivity (Wildman–Crippen MR) is 149 cm³/mol. The topological polar surface area (TPSA) is 91.6 Å². The van der Waals surface area contributed by atoms with Gasteiger partial charge in [0, 0.05) is 37.7 Å². The van der Waals surface area contributed by atoms with E-state index in [-0.39, 0.29) is 5.91 Å². The molecule has 0 spiro atoms. The van der Waals surface area contributed by atoms with E-state index >= 15 is 0 Å². The van der Waals surface area contributed by atoms with E-state index < -0.39 is 0 Å². The van der Waals surface area contributed by atoms with Gasteiger partial charge < -0.3 is 25.3 Å². The fourth-order valence-electron chi connectivity index (χ4n) is 4.28. The number of fused-ring (bicyclic) bond motifs is 1. The Labute approximate surface area is 227 Å². The maximum atomic E-state index is 11.9. The summed E-state index contributed by atoms with van der Waals surface area (Å²) >= 11 is 12.7. The molecular weight excluding hydrogens is 515 g/mol. The molecule has 0 fully saturated rings. The number of unbranched alkanes of at least 4 members (excludes halogenated alkanes) is 2. The minimum atomic E-state index is 0.0404. The van der Waals surface area contributed by atoms with Crippen molar-refractivity contribution in [1.29, 1.82) is 0 Å². The molecule has 1 aromatic heterocycles. The van der Waals surface area contributed by atoms with E-state index in [2.05, 4.69) is 14.5 Å². The van der Waals surface area contributed by atoms with Gasteiger partial charge in [0.1, 0.15) is 0 Å². The zero-order valence-electron chi connectivity index (χ0n) is 21.8. The van der Waals surface area contributed by atoms with Gasteiger partial charge in [0.25, 0.3) is 5.82 Å². The number of benzene rings is 2. The van der Waals surface area contributed by atoms with E-state index in [1.54, 1.807) is 21.3 Å². The molecule has 1 heterocycles. The molecule has 0 saturated heterocycles. The molecule has 0 aliphatic carbocycles. The molecule has 37 heavy (non-hydrogen) atoms. The monoisotopic (exact) mass is 549 g/mol. The Kier molecular flexibility index (Phi) is 10.5. The molecule has 3 rings (SSSR count). The highest BCUT2D eigenvalue weighted by Gasteiger charge is 2.22. The number of aromatic nitrogens is 2. The van der Waals surface area contributed by atoms with Crippen LogP contribution < -0.4 is 29.8 Å². The van der Waals surface area contributed by atoms with Crippen LogP contribution in [0.2, 0.25) is 10.0 Å². The fourth-order valence-corrected chi connectivity index (χ4v) is 4.59. The maximum Gasteiger partial charge on any atom is 0.282 e. The van der Waals surface area contributed by atoms with Gasteiger partial charge >= 0.3 is 0 Å². The van der Waals surface area contributed by atoms with Gasteiger partial charge in [-0.15, -0.1) is 0 Å². The lowest BCUT2D eigenvalue weighted by atomic mass is 10.1. The third-order valence-electron chi connectivity index (χ3n) is 6.15. The van der Waals surface area contributed by atoms with Crippen molar-refractivity contribution >= 4 is 52.3 Å². The first-order valence-electron chi connectivity index (χ1n) is 12.2. The van der Waals surface area contributed by atoms with Crippen LogP contribution >= 0.6 is 23.2 Å². The molecule has 0 atom stereocenters. The predicted octanol–water partition coefficient (Wildman–Crippen LogP) is 4.60.